The number of hydrogen-bond acceptors (Lipinski definition) is 0. The minimum Gasteiger partial charge on any atom is -0.103 e. The van der Waals surface area contributed by atoms with Gasteiger partial charge in [0.25, 0.3) is 0 Å². The van der Waals surface area contributed by atoms with E-state index in [-0.39, 0.29) is 0 Å². The molecule has 0 aromatic rings. The first-order chi connectivity index (χ1) is 5.77. The molecule has 0 nitrogen and oxygen atoms in total. The number of fused-ring (bicyclic) bond motifs is 1. The van der Waals surface area contributed by atoms with Gasteiger partial charge >= 0.3 is 0 Å². The van der Waals surface area contributed by atoms with Crippen molar-refractivity contribution in [2.75, 3.05) is 0 Å². The van der Waals surface area contributed by atoms with Gasteiger partial charge in [0, 0.05) is 0 Å². The van der Waals surface area contributed by atoms with Crippen molar-refractivity contribution in [2.45, 2.75) is 39.5 Å². The van der Waals surface area contributed by atoms with Gasteiger partial charge in [-0.25, -0.2) is 0 Å². The molecule has 0 aromatic carbocycles. The fourth-order valence-corrected chi connectivity index (χ4v) is 3.28. The van der Waals surface area contributed by atoms with Crippen molar-refractivity contribution in [3.8, 4) is 0 Å². The van der Waals surface area contributed by atoms with Crippen LogP contribution in [0.25, 0.3) is 0 Å². The molecule has 12 heavy (non-hydrogen) atoms. The molecule has 0 aliphatic heterocycles. The van der Waals surface area contributed by atoms with Crippen molar-refractivity contribution in [1.29, 1.82) is 0 Å². The lowest BCUT2D eigenvalue weighted by molar-refractivity contribution is 0.320. The molecule has 4 atom stereocenters. The minimum absolute atomic E-state index is 0.824. The van der Waals surface area contributed by atoms with Crippen LogP contribution in [-0.2, 0) is 0 Å². The average molecular weight is 164 g/mol. The first kappa shape index (κ1) is 8.34. The zero-order chi connectivity index (χ0) is 8.77. The van der Waals surface area contributed by atoms with Gasteiger partial charge in [-0.05, 0) is 42.4 Å². The summed E-state index contributed by atoms with van der Waals surface area (Å²) in [6, 6.07) is 0. The summed E-state index contributed by atoms with van der Waals surface area (Å²) in [5.74, 6) is 3.14. The molecule has 68 valence electrons. The fraction of sp³-hybridized carbons (Fsp3) is 0.833. The molecule has 2 rings (SSSR count). The zero-order valence-corrected chi connectivity index (χ0v) is 8.34. The van der Waals surface area contributed by atoms with Crippen molar-refractivity contribution >= 4 is 0 Å². The van der Waals surface area contributed by atoms with E-state index in [0.29, 0.717) is 0 Å². The second-order valence-corrected chi connectivity index (χ2v) is 4.72. The van der Waals surface area contributed by atoms with E-state index in [1.807, 2.05) is 0 Å². The van der Waals surface area contributed by atoms with Gasteiger partial charge < -0.3 is 0 Å². The van der Waals surface area contributed by atoms with Gasteiger partial charge in [0.1, 0.15) is 0 Å². The Morgan fingerprint density at radius 3 is 2.67 bits per heavy atom. The Kier molecular flexibility index (Phi) is 1.82. The van der Waals surface area contributed by atoms with Crippen LogP contribution in [0.15, 0.2) is 12.7 Å². The molecule has 0 bridgehead atoms. The molecule has 0 saturated heterocycles. The van der Waals surface area contributed by atoms with Gasteiger partial charge in [-0.15, -0.1) is 6.58 Å². The Balaban J connectivity index is 1.93. The van der Waals surface area contributed by atoms with Gasteiger partial charge in [0.15, 0.2) is 0 Å². The van der Waals surface area contributed by atoms with Gasteiger partial charge in [0.05, 0.1) is 0 Å². The summed E-state index contributed by atoms with van der Waals surface area (Å²) in [4.78, 5) is 0. The fourth-order valence-electron chi connectivity index (χ4n) is 3.28. The van der Waals surface area contributed by atoms with E-state index < -0.39 is 0 Å². The molecule has 2 aliphatic carbocycles. The Labute approximate surface area is 76.1 Å². The van der Waals surface area contributed by atoms with Crippen LogP contribution in [0.1, 0.15) is 39.5 Å². The van der Waals surface area contributed by atoms with E-state index in [9.17, 15) is 0 Å². The number of allylic oxidation sites excluding steroid dienone is 1. The lowest BCUT2D eigenvalue weighted by Gasteiger charge is -2.19. The maximum Gasteiger partial charge on any atom is -0.0204 e. The first-order valence-corrected chi connectivity index (χ1v) is 5.38. The highest BCUT2D eigenvalue weighted by Crippen LogP contribution is 2.84. The van der Waals surface area contributed by atoms with E-state index in [2.05, 4.69) is 26.5 Å². The molecule has 2 fully saturated rings. The SMILES string of the molecule is C=CCC(CCC)C12CC1C2C. The molecule has 2 saturated carbocycles. The highest BCUT2D eigenvalue weighted by Gasteiger charge is 2.77. The molecular weight excluding hydrogens is 144 g/mol. The van der Waals surface area contributed by atoms with E-state index in [0.717, 1.165) is 23.2 Å². The van der Waals surface area contributed by atoms with Crippen molar-refractivity contribution < 1.29 is 0 Å². The van der Waals surface area contributed by atoms with Crippen molar-refractivity contribution in [3.63, 3.8) is 0 Å². The quantitative estimate of drug-likeness (QED) is 0.544. The van der Waals surface area contributed by atoms with Gasteiger partial charge in [0.2, 0.25) is 0 Å². The number of rotatable bonds is 5. The summed E-state index contributed by atoms with van der Waals surface area (Å²) < 4.78 is 0. The van der Waals surface area contributed by atoms with Crippen LogP contribution in [0.5, 0.6) is 0 Å². The molecule has 0 N–H and O–H groups in total. The predicted octanol–water partition coefficient (Wildman–Crippen LogP) is 3.63. The van der Waals surface area contributed by atoms with Crippen LogP contribution in [0.3, 0.4) is 0 Å². The molecule has 0 heterocycles. The van der Waals surface area contributed by atoms with E-state index in [1.165, 1.54) is 25.7 Å². The molecule has 0 amide bonds. The maximum atomic E-state index is 3.87. The van der Waals surface area contributed by atoms with Gasteiger partial charge in [-0.3, -0.25) is 0 Å². The third-order valence-corrected chi connectivity index (χ3v) is 4.29. The summed E-state index contributed by atoms with van der Waals surface area (Å²) in [5.41, 5.74) is 0.824. The van der Waals surface area contributed by atoms with Gasteiger partial charge in [-0.2, -0.15) is 0 Å². The average Bonchev–Trinajstić information content (AvgIpc) is 2.91. The molecule has 4 unspecified atom stereocenters. The Morgan fingerprint density at radius 2 is 2.33 bits per heavy atom. The maximum absolute atomic E-state index is 3.87. The second-order valence-electron chi connectivity index (χ2n) is 4.72. The first-order valence-electron chi connectivity index (χ1n) is 5.38. The topological polar surface area (TPSA) is 0 Å². The van der Waals surface area contributed by atoms with Crippen LogP contribution < -0.4 is 0 Å². The smallest absolute Gasteiger partial charge is 0.0204 e. The van der Waals surface area contributed by atoms with Crippen LogP contribution in [0.2, 0.25) is 0 Å². The van der Waals surface area contributed by atoms with Crippen LogP contribution in [0, 0.1) is 23.2 Å². The largest absolute Gasteiger partial charge is 0.103 e. The zero-order valence-electron chi connectivity index (χ0n) is 8.34. The molecule has 0 spiro atoms. The Morgan fingerprint density at radius 1 is 1.67 bits per heavy atom. The minimum atomic E-state index is 0.824. The molecule has 2 aliphatic rings. The number of hydrogen-bond donors (Lipinski definition) is 0. The molecular formula is C12H20. The lowest BCUT2D eigenvalue weighted by Crippen LogP contribution is -2.10. The Hall–Kier alpha value is -0.260. The van der Waals surface area contributed by atoms with Crippen LogP contribution in [0.4, 0.5) is 0 Å². The van der Waals surface area contributed by atoms with Crippen molar-refractivity contribution in [3.05, 3.63) is 12.7 Å². The monoisotopic (exact) mass is 164 g/mol. The van der Waals surface area contributed by atoms with E-state index in [4.69, 9.17) is 0 Å². The summed E-state index contributed by atoms with van der Waals surface area (Å²) in [6.07, 6.45) is 7.68. The molecule has 0 heteroatoms. The van der Waals surface area contributed by atoms with Crippen LogP contribution in [-0.4, -0.2) is 0 Å². The van der Waals surface area contributed by atoms with Crippen LogP contribution >= 0.6 is 0 Å². The van der Waals surface area contributed by atoms with Gasteiger partial charge in [-0.1, -0.05) is 26.3 Å². The third-order valence-electron chi connectivity index (χ3n) is 4.29. The third kappa shape index (κ3) is 0.901. The Bertz CT molecular complexity index is 188. The summed E-state index contributed by atoms with van der Waals surface area (Å²) >= 11 is 0. The lowest BCUT2D eigenvalue weighted by atomic mass is 9.85. The van der Waals surface area contributed by atoms with Crippen molar-refractivity contribution in [1.82, 2.24) is 0 Å². The standard InChI is InChI=1S/C12H20/c1-4-6-10(7-5-2)12-8-11(12)9(12)3/h4,9-11H,1,5-8H2,2-3H3. The molecule has 0 aromatic heterocycles. The normalized spacial score (nSPS) is 44.8. The predicted molar refractivity (Wildman–Crippen MR) is 52.9 cm³/mol. The second kappa shape index (κ2) is 2.61. The summed E-state index contributed by atoms with van der Waals surface area (Å²) in [6.45, 7) is 8.60. The highest BCUT2D eigenvalue weighted by atomic mass is 14.8. The summed E-state index contributed by atoms with van der Waals surface area (Å²) in [7, 11) is 0. The van der Waals surface area contributed by atoms with E-state index in [1.54, 1.807) is 0 Å². The molecule has 0 radical (unpaired) electrons. The highest BCUT2D eigenvalue weighted by molar-refractivity contribution is 5.26. The van der Waals surface area contributed by atoms with Crippen molar-refractivity contribution in [2.24, 2.45) is 23.2 Å². The summed E-state index contributed by atoms with van der Waals surface area (Å²) in [5, 5.41) is 0. The van der Waals surface area contributed by atoms with E-state index >= 15 is 0 Å².